The molecule has 0 radical (unpaired) electrons. The molecule has 2 rings (SSSR count). The maximum atomic E-state index is 11.9. The molecule has 0 atom stereocenters. The summed E-state index contributed by atoms with van der Waals surface area (Å²) in [7, 11) is 0. The molecule has 0 aliphatic rings. The van der Waals surface area contributed by atoms with Crippen molar-refractivity contribution in [2.24, 2.45) is 0 Å². The van der Waals surface area contributed by atoms with E-state index >= 15 is 0 Å². The molecule has 0 spiro atoms. The Morgan fingerprint density at radius 3 is 2.82 bits per heavy atom. The Bertz CT molecular complexity index is 682. The van der Waals surface area contributed by atoms with Gasteiger partial charge in [0.1, 0.15) is 5.69 Å². The topological polar surface area (TPSA) is 92.2 Å². The van der Waals surface area contributed by atoms with Gasteiger partial charge in [0.15, 0.2) is 0 Å². The van der Waals surface area contributed by atoms with E-state index < -0.39 is 5.97 Å². The van der Waals surface area contributed by atoms with Crippen molar-refractivity contribution in [3.05, 3.63) is 45.7 Å². The number of amides is 1. The van der Waals surface area contributed by atoms with Gasteiger partial charge < -0.3 is 10.4 Å². The quantitative estimate of drug-likeness (QED) is 0.852. The van der Waals surface area contributed by atoms with Crippen LogP contribution in [0.15, 0.2) is 23.7 Å². The highest BCUT2D eigenvalue weighted by atomic mass is 32.1. The molecule has 0 fully saturated rings. The normalized spacial score (nSPS) is 10.7. The maximum Gasteiger partial charge on any atom is 0.335 e. The average molecular weight is 319 g/mol. The number of nitrogens with zero attached hydrogens (tertiary/aromatic N) is 2. The number of hydrogen-bond donors (Lipinski definition) is 2. The first-order chi connectivity index (χ1) is 10.5. The van der Waals surface area contributed by atoms with E-state index in [0.717, 1.165) is 10.7 Å². The van der Waals surface area contributed by atoms with Crippen molar-refractivity contribution < 1.29 is 14.7 Å². The Kier molecular flexibility index (Phi) is 5.21. The summed E-state index contributed by atoms with van der Waals surface area (Å²) in [6, 6.07) is 2.61. The van der Waals surface area contributed by atoms with E-state index in [1.165, 1.54) is 18.3 Å². The summed E-state index contributed by atoms with van der Waals surface area (Å²) in [6.07, 6.45) is 1.95. The van der Waals surface area contributed by atoms with Gasteiger partial charge in [0.25, 0.3) is 5.91 Å². The lowest BCUT2D eigenvalue weighted by Gasteiger charge is -2.04. The zero-order valence-corrected chi connectivity index (χ0v) is 13.2. The van der Waals surface area contributed by atoms with Crippen molar-refractivity contribution in [2.45, 2.75) is 26.2 Å². The van der Waals surface area contributed by atoms with Crippen LogP contribution < -0.4 is 5.32 Å². The fraction of sp³-hybridized carbons (Fsp3) is 0.333. The van der Waals surface area contributed by atoms with Gasteiger partial charge in [-0.1, -0.05) is 13.8 Å². The summed E-state index contributed by atoms with van der Waals surface area (Å²) in [5.74, 6) is -1.07. The fourth-order valence-electron chi connectivity index (χ4n) is 1.79. The van der Waals surface area contributed by atoms with Crippen LogP contribution in [-0.4, -0.2) is 33.5 Å². The van der Waals surface area contributed by atoms with E-state index in [1.54, 1.807) is 11.3 Å². The Morgan fingerprint density at radius 2 is 2.18 bits per heavy atom. The Labute approximate surface area is 132 Å². The fourth-order valence-corrected chi connectivity index (χ4v) is 2.65. The highest BCUT2D eigenvalue weighted by Crippen LogP contribution is 2.19. The zero-order valence-electron chi connectivity index (χ0n) is 12.4. The third-order valence-electron chi connectivity index (χ3n) is 2.97. The molecule has 2 heterocycles. The lowest BCUT2D eigenvalue weighted by Crippen LogP contribution is -2.26. The Hall–Kier alpha value is -2.28. The molecule has 6 nitrogen and oxygen atoms in total. The third-order valence-corrected chi connectivity index (χ3v) is 4.16. The largest absolute Gasteiger partial charge is 0.478 e. The van der Waals surface area contributed by atoms with Crippen LogP contribution >= 0.6 is 11.3 Å². The molecule has 0 aliphatic carbocycles. The van der Waals surface area contributed by atoms with Crippen LogP contribution in [0.4, 0.5) is 0 Å². The molecule has 116 valence electrons. The summed E-state index contributed by atoms with van der Waals surface area (Å²) in [5.41, 5.74) is 1.09. The Balaban J connectivity index is 1.89. The second kappa shape index (κ2) is 7.13. The predicted molar refractivity (Wildman–Crippen MR) is 83.4 cm³/mol. The predicted octanol–water partition coefficient (Wildman–Crippen LogP) is 2.33. The molecule has 1 amide bonds. The van der Waals surface area contributed by atoms with Gasteiger partial charge in [0, 0.05) is 30.5 Å². The van der Waals surface area contributed by atoms with Gasteiger partial charge in [-0.05, 0) is 12.1 Å². The first-order valence-corrected chi connectivity index (χ1v) is 7.77. The number of aromatic carboxylic acids is 1. The van der Waals surface area contributed by atoms with Crippen LogP contribution in [0.2, 0.25) is 0 Å². The minimum Gasteiger partial charge on any atom is -0.478 e. The summed E-state index contributed by atoms with van der Waals surface area (Å²) in [4.78, 5) is 31.2. The van der Waals surface area contributed by atoms with Gasteiger partial charge in [-0.2, -0.15) is 0 Å². The molecular formula is C15H17N3O3S. The second-order valence-electron chi connectivity index (χ2n) is 5.07. The number of carboxylic acids is 1. The van der Waals surface area contributed by atoms with E-state index in [-0.39, 0.29) is 17.2 Å². The van der Waals surface area contributed by atoms with Crippen molar-refractivity contribution in [1.82, 2.24) is 15.3 Å². The summed E-state index contributed by atoms with van der Waals surface area (Å²) >= 11 is 1.62. The number of carbonyl (C=O) groups is 2. The molecule has 2 aromatic rings. The SMILES string of the molecule is CC(C)c1nc(CCNC(=O)c2cc(C(=O)O)ccn2)cs1. The van der Waals surface area contributed by atoms with Crippen molar-refractivity contribution >= 4 is 23.2 Å². The lowest BCUT2D eigenvalue weighted by molar-refractivity contribution is 0.0696. The number of pyridine rings is 1. The van der Waals surface area contributed by atoms with Crippen molar-refractivity contribution in [3.8, 4) is 0 Å². The van der Waals surface area contributed by atoms with Crippen LogP contribution in [0.1, 0.15) is 51.3 Å². The number of rotatable bonds is 6. The number of carboxylic acid groups (broad SMARTS) is 1. The first kappa shape index (κ1) is 16.1. The molecule has 0 unspecified atom stereocenters. The summed E-state index contributed by atoms with van der Waals surface area (Å²) in [6.45, 7) is 4.61. The standard InChI is InChI=1S/C15H17N3O3S/c1-9(2)14-18-11(8-22-14)4-6-17-13(19)12-7-10(15(20)21)3-5-16-12/h3,5,7-9H,4,6H2,1-2H3,(H,17,19)(H,20,21). The molecule has 0 aromatic carbocycles. The van der Waals surface area contributed by atoms with Crippen LogP contribution in [0.3, 0.4) is 0 Å². The van der Waals surface area contributed by atoms with E-state index in [1.807, 2.05) is 5.38 Å². The lowest BCUT2D eigenvalue weighted by atomic mass is 10.2. The molecule has 0 saturated carbocycles. The van der Waals surface area contributed by atoms with E-state index in [2.05, 4.69) is 29.1 Å². The monoisotopic (exact) mass is 319 g/mol. The molecular weight excluding hydrogens is 302 g/mol. The second-order valence-corrected chi connectivity index (χ2v) is 5.96. The zero-order chi connectivity index (χ0) is 16.1. The molecule has 2 aromatic heterocycles. The Morgan fingerprint density at radius 1 is 1.41 bits per heavy atom. The molecule has 0 saturated heterocycles. The van der Waals surface area contributed by atoms with Crippen LogP contribution in [0.5, 0.6) is 0 Å². The highest BCUT2D eigenvalue weighted by molar-refractivity contribution is 7.09. The van der Waals surface area contributed by atoms with Gasteiger partial charge >= 0.3 is 5.97 Å². The van der Waals surface area contributed by atoms with Crippen molar-refractivity contribution in [2.75, 3.05) is 6.54 Å². The van der Waals surface area contributed by atoms with Crippen LogP contribution in [0, 0.1) is 0 Å². The van der Waals surface area contributed by atoms with Crippen molar-refractivity contribution in [3.63, 3.8) is 0 Å². The number of thiazole rings is 1. The van der Waals surface area contributed by atoms with E-state index in [9.17, 15) is 9.59 Å². The van der Waals surface area contributed by atoms with Gasteiger partial charge in [-0.3, -0.25) is 9.78 Å². The summed E-state index contributed by atoms with van der Waals surface area (Å²) in [5, 5.41) is 14.7. The maximum absolute atomic E-state index is 11.9. The van der Waals surface area contributed by atoms with Gasteiger partial charge in [-0.25, -0.2) is 9.78 Å². The number of nitrogens with one attached hydrogen (secondary N) is 1. The summed E-state index contributed by atoms with van der Waals surface area (Å²) < 4.78 is 0. The minimum atomic E-state index is -1.08. The van der Waals surface area contributed by atoms with Gasteiger partial charge in [-0.15, -0.1) is 11.3 Å². The van der Waals surface area contributed by atoms with Crippen LogP contribution in [0.25, 0.3) is 0 Å². The smallest absolute Gasteiger partial charge is 0.335 e. The van der Waals surface area contributed by atoms with Gasteiger partial charge in [0.2, 0.25) is 0 Å². The van der Waals surface area contributed by atoms with Gasteiger partial charge in [0.05, 0.1) is 16.3 Å². The first-order valence-electron chi connectivity index (χ1n) is 6.89. The number of aromatic nitrogens is 2. The minimum absolute atomic E-state index is 0.0428. The third kappa shape index (κ3) is 4.11. The molecule has 2 N–H and O–H groups in total. The number of carbonyl (C=O) groups excluding carboxylic acids is 1. The van der Waals surface area contributed by atoms with E-state index in [0.29, 0.717) is 18.9 Å². The van der Waals surface area contributed by atoms with Crippen molar-refractivity contribution in [1.29, 1.82) is 0 Å². The van der Waals surface area contributed by atoms with E-state index in [4.69, 9.17) is 5.11 Å². The highest BCUT2D eigenvalue weighted by Gasteiger charge is 2.11. The molecule has 22 heavy (non-hydrogen) atoms. The number of hydrogen-bond acceptors (Lipinski definition) is 5. The van der Waals surface area contributed by atoms with Crippen LogP contribution in [-0.2, 0) is 6.42 Å². The molecule has 0 bridgehead atoms. The molecule has 7 heteroatoms. The average Bonchev–Trinajstić information content (AvgIpc) is 2.96. The molecule has 0 aliphatic heterocycles.